The van der Waals surface area contributed by atoms with Gasteiger partial charge in [0.1, 0.15) is 0 Å². The van der Waals surface area contributed by atoms with Crippen molar-refractivity contribution in [3.63, 3.8) is 0 Å². The third-order valence-electron chi connectivity index (χ3n) is 6.87. The first-order chi connectivity index (χ1) is 15.8. The van der Waals surface area contributed by atoms with E-state index in [0.717, 1.165) is 25.7 Å². The molecule has 0 aliphatic rings. The Kier molecular flexibility index (Phi) is 10.8. The Morgan fingerprint density at radius 1 is 0.706 bits per heavy atom. The van der Waals surface area contributed by atoms with Crippen LogP contribution < -0.4 is 0 Å². The first-order valence-electron chi connectivity index (χ1n) is 12.8. The Morgan fingerprint density at radius 2 is 1.15 bits per heavy atom. The van der Waals surface area contributed by atoms with E-state index < -0.39 is 8.60 Å². The fraction of sp³-hybridized carbons (Fsp3) is 0.600. The van der Waals surface area contributed by atoms with Crippen molar-refractivity contribution < 1.29 is 14.3 Å². The molecule has 4 heteroatoms. The van der Waals surface area contributed by atoms with Crippen LogP contribution in [0.5, 0.6) is 0 Å². The van der Waals surface area contributed by atoms with Gasteiger partial charge in [-0.1, -0.05) is 104 Å². The summed E-state index contributed by atoms with van der Waals surface area (Å²) in [5, 5.41) is 0. The van der Waals surface area contributed by atoms with Crippen molar-refractivity contribution in [2.24, 2.45) is 0 Å². The van der Waals surface area contributed by atoms with Gasteiger partial charge in [0, 0.05) is 5.92 Å². The van der Waals surface area contributed by atoms with Crippen molar-refractivity contribution >= 4 is 8.60 Å². The normalized spacial score (nSPS) is 12.7. The molecule has 0 radical (unpaired) electrons. The minimum atomic E-state index is -2.21. The van der Waals surface area contributed by atoms with Crippen LogP contribution in [0.25, 0.3) is 0 Å². The highest BCUT2D eigenvalue weighted by Crippen LogP contribution is 2.37. The molecule has 0 saturated carbocycles. The lowest BCUT2D eigenvalue weighted by molar-refractivity contribution is 0.248. The largest absolute Gasteiger partial charge is 0.328 e. The minimum absolute atomic E-state index is 0.153. The summed E-state index contributed by atoms with van der Waals surface area (Å²) in [5.41, 5.74) is 8.77. The van der Waals surface area contributed by atoms with Crippen molar-refractivity contribution in [2.75, 3.05) is 6.61 Å². The molecule has 3 nitrogen and oxygen atoms in total. The lowest BCUT2D eigenvalue weighted by Gasteiger charge is -2.27. The van der Waals surface area contributed by atoms with Gasteiger partial charge in [0.05, 0.1) is 6.61 Å². The zero-order valence-electron chi connectivity index (χ0n) is 22.7. The molecule has 190 valence electrons. The maximum absolute atomic E-state index is 8.84. The van der Waals surface area contributed by atoms with E-state index in [9.17, 15) is 0 Å². The van der Waals surface area contributed by atoms with Crippen LogP contribution in [0.3, 0.4) is 0 Å². The molecule has 0 atom stereocenters. The SMILES string of the molecule is Cc1cc(C(C)(C)C)ccc1C(CCCCCCCOP(O)O)c1ccc(C(C)(C)C)cc1C. The van der Waals surface area contributed by atoms with Gasteiger partial charge in [0.2, 0.25) is 0 Å². The Balaban J connectivity index is 2.20. The molecule has 2 N–H and O–H groups in total. The first-order valence-corrected chi connectivity index (χ1v) is 14.0. The lowest BCUT2D eigenvalue weighted by Crippen LogP contribution is -2.14. The lowest BCUT2D eigenvalue weighted by atomic mass is 9.78. The highest BCUT2D eigenvalue weighted by Gasteiger charge is 2.22. The van der Waals surface area contributed by atoms with E-state index in [0.29, 0.717) is 12.5 Å². The number of hydrogen-bond donors (Lipinski definition) is 2. The second-order valence-corrected chi connectivity index (χ2v) is 12.6. The number of rotatable bonds is 11. The third-order valence-corrected chi connectivity index (χ3v) is 7.28. The van der Waals surface area contributed by atoms with Gasteiger partial charge in [-0.2, -0.15) is 0 Å². The van der Waals surface area contributed by atoms with Crippen LogP contribution in [-0.4, -0.2) is 16.4 Å². The summed E-state index contributed by atoms with van der Waals surface area (Å²) in [4.78, 5) is 17.7. The molecule has 2 aromatic rings. The van der Waals surface area contributed by atoms with E-state index in [2.05, 4.69) is 91.8 Å². The van der Waals surface area contributed by atoms with Crippen molar-refractivity contribution in [2.45, 2.75) is 111 Å². The fourth-order valence-corrected chi connectivity index (χ4v) is 4.96. The summed E-state index contributed by atoms with van der Waals surface area (Å²) in [5.74, 6) is 0.402. The summed E-state index contributed by atoms with van der Waals surface area (Å²) in [6, 6.07) is 14.2. The Labute approximate surface area is 210 Å². The number of unbranched alkanes of at least 4 members (excludes halogenated alkanes) is 4. The summed E-state index contributed by atoms with van der Waals surface area (Å²) in [6.45, 7) is 18.6. The van der Waals surface area contributed by atoms with Crippen LogP contribution in [0.1, 0.15) is 119 Å². The molecular weight excluding hydrogens is 439 g/mol. The van der Waals surface area contributed by atoms with Crippen LogP contribution in [0.15, 0.2) is 36.4 Å². The minimum Gasteiger partial charge on any atom is -0.328 e. The van der Waals surface area contributed by atoms with Crippen LogP contribution in [0.2, 0.25) is 0 Å². The van der Waals surface area contributed by atoms with Gasteiger partial charge in [-0.3, -0.25) is 0 Å². The molecule has 0 aliphatic carbocycles. The number of hydrogen-bond acceptors (Lipinski definition) is 3. The predicted molar refractivity (Wildman–Crippen MR) is 147 cm³/mol. The smallest absolute Gasteiger partial charge is 0.327 e. The van der Waals surface area contributed by atoms with Crippen molar-refractivity contribution in [1.82, 2.24) is 0 Å². The molecule has 2 rings (SSSR count). The third kappa shape index (κ3) is 8.76. The molecule has 0 aromatic heterocycles. The molecular formula is C30H47O3P. The summed E-state index contributed by atoms with van der Waals surface area (Å²) in [6.07, 6.45) is 6.59. The number of aryl methyl sites for hydroxylation is 2. The van der Waals surface area contributed by atoms with Crippen LogP contribution in [0.4, 0.5) is 0 Å². The van der Waals surface area contributed by atoms with Gasteiger partial charge in [0.15, 0.2) is 0 Å². The van der Waals surface area contributed by atoms with Gasteiger partial charge in [0.25, 0.3) is 0 Å². The zero-order valence-corrected chi connectivity index (χ0v) is 23.6. The molecule has 2 aromatic carbocycles. The Bertz CT molecular complexity index is 843. The van der Waals surface area contributed by atoms with Crippen LogP contribution >= 0.6 is 8.60 Å². The quantitative estimate of drug-likeness (QED) is 0.247. The average molecular weight is 487 g/mol. The molecule has 0 saturated heterocycles. The van der Waals surface area contributed by atoms with E-state index in [-0.39, 0.29) is 10.8 Å². The molecule has 34 heavy (non-hydrogen) atoms. The molecule has 0 amide bonds. The monoisotopic (exact) mass is 486 g/mol. The van der Waals surface area contributed by atoms with Gasteiger partial charge < -0.3 is 14.3 Å². The van der Waals surface area contributed by atoms with Gasteiger partial charge in [-0.05, 0) is 70.9 Å². The predicted octanol–water partition coefficient (Wildman–Crippen LogP) is 8.60. The van der Waals surface area contributed by atoms with E-state index >= 15 is 0 Å². The summed E-state index contributed by atoms with van der Waals surface area (Å²) >= 11 is 0. The molecule has 0 aliphatic heterocycles. The van der Waals surface area contributed by atoms with Gasteiger partial charge in [-0.25, -0.2) is 0 Å². The maximum Gasteiger partial charge on any atom is 0.327 e. The second kappa shape index (κ2) is 12.6. The highest BCUT2D eigenvalue weighted by atomic mass is 31.2. The first kappa shape index (κ1) is 29.0. The van der Waals surface area contributed by atoms with Crippen LogP contribution in [0, 0.1) is 13.8 Å². The Hall–Kier alpha value is -1.25. The number of benzene rings is 2. The van der Waals surface area contributed by atoms with E-state index in [1.165, 1.54) is 46.2 Å². The van der Waals surface area contributed by atoms with E-state index in [4.69, 9.17) is 14.3 Å². The fourth-order valence-electron chi connectivity index (χ4n) is 4.67. The van der Waals surface area contributed by atoms with E-state index in [1.54, 1.807) is 0 Å². The molecule has 0 fully saturated rings. The van der Waals surface area contributed by atoms with E-state index in [1.807, 2.05) is 0 Å². The van der Waals surface area contributed by atoms with Crippen LogP contribution in [-0.2, 0) is 15.4 Å². The summed E-state index contributed by atoms with van der Waals surface area (Å²) < 4.78 is 4.87. The van der Waals surface area contributed by atoms with Gasteiger partial charge >= 0.3 is 8.60 Å². The Morgan fingerprint density at radius 3 is 1.56 bits per heavy atom. The molecule has 0 heterocycles. The average Bonchev–Trinajstić information content (AvgIpc) is 2.72. The van der Waals surface area contributed by atoms with Crippen molar-refractivity contribution in [1.29, 1.82) is 0 Å². The topological polar surface area (TPSA) is 49.7 Å². The molecule has 0 unspecified atom stereocenters. The zero-order chi connectivity index (χ0) is 25.5. The molecule has 0 spiro atoms. The second-order valence-electron chi connectivity index (χ2n) is 11.8. The standard InChI is InChI=1S/C30H47O3P/c1-22-20-24(29(3,4)5)15-17-26(22)28(14-12-10-9-11-13-19-33-34(31)32)27-18-16-25(21-23(27)2)30(6,7)8/h15-18,20-21,28,31-32H,9-14,19H2,1-8H3. The molecule has 0 bridgehead atoms. The maximum atomic E-state index is 8.84. The highest BCUT2D eigenvalue weighted by molar-refractivity contribution is 7.39. The van der Waals surface area contributed by atoms with Gasteiger partial charge in [-0.15, -0.1) is 0 Å². The van der Waals surface area contributed by atoms with Crippen molar-refractivity contribution in [3.8, 4) is 0 Å². The van der Waals surface area contributed by atoms with Crippen molar-refractivity contribution in [3.05, 3.63) is 69.8 Å². The summed E-state index contributed by atoms with van der Waals surface area (Å²) in [7, 11) is -2.21.